The maximum atomic E-state index is 3.81. The van der Waals surface area contributed by atoms with Crippen molar-refractivity contribution in [3.05, 3.63) is 24.3 Å². The van der Waals surface area contributed by atoms with Crippen molar-refractivity contribution in [3.8, 4) is 0 Å². The molecule has 0 aliphatic rings. The van der Waals surface area contributed by atoms with Gasteiger partial charge in [0.15, 0.2) is 0 Å². The minimum absolute atomic E-state index is 1.13. The summed E-state index contributed by atoms with van der Waals surface area (Å²) in [5.74, 6) is 0. The summed E-state index contributed by atoms with van der Waals surface area (Å²) in [7, 11) is 1.75. The third-order valence-electron chi connectivity index (χ3n) is 0.713. The second kappa shape index (κ2) is 4.31. The molecule has 0 aliphatic carbocycles. The Labute approximate surface area is 50.4 Å². The van der Waals surface area contributed by atoms with Crippen molar-refractivity contribution in [1.82, 2.24) is 0 Å². The Balaban J connectivity index is 3.79. The quantitative estimate of drug-likeness (QED) is 0.379. The number of rotatable bonds is 2. The fourth-order valence-electron chi connectivity index (χ4n) is 0.433. The fraction of sp³-hybridized carbons (Fsp3) is 0.286. The summed E-state index contributed by atoms with van der Waals surface area (Å²) in [6.45, 7) is 5.53. The van der Waals surface area contributed by atoms with E-state index in [1.165, 1.54) is 0 Å². The van der Waals surface area contributed by atoms with Crippen molar-refractivity contribution in [3.63, 3.8) is 0 Å². The summed E-state index contributed by atoms with van der Waals surface area (Å²) in [6.07, 6.45) is 5.45. The van der Waals surface area contributed by atoms with Crippen molar-refractivity contribution in [2.24, 2.45) is 4.99 Å². The van der Waals surface area contributed by atoms with Crippen LogP contribution >= 0.6 is 0 Å². The molecule has 0 unspecified atom stereocenters. The molecule has 0 aromatic carbocycles. The maximum absolute atomic E-state index is 3.81. The van der Waals surface area contributed by atoms with Gasteiger partial charge in [-0.1, -0.05) is 18.7 Å². The van der Waals surface area contributed by atoms with Crippen LogP contribution in [0, 0.1) is 0 Å². The van der Waals surface area contributed by atoms with Crippen molar-refractivity contribution in [1.29, 1.82) is 0 Å². The number of hydrogen-bond donors (Lipinski definition) is 0. The molecule has 0 rings (SSSR count). The molecule has 0 fully saturated rings. The monoisotopic (exact) mass is 109 g/mol. The van der Waals surface area contributed by atoms with Crippen LogP contribution < -0.4 is 0 Å². The van der Waals surface area contributed by atoms with Crippen LogP contribution in [0.4, 0.5) is 0 Å². The van der Waals surface area contributed by atoms with Gasteiger partial charge in [-0.25, -0.2) is 0 Å². The van der Waals surface area contributed by atoms with Gasteiger partial charge in [0.05, 0.1) is 0 Å². The van der Waals surface area contributed by atoms with E-state index in [9.17, 15) is 0 Å². The SMILES string of the molecule is C=C/C=C(C)\C=N\C. The molecule has 1 heteroatoms. The van der Waals surface area contributed by atoms with Crippen LogP contribution in [0.5, 0.6) is 0 Å². The van der Waals surface area contributed by atoms with Crippen LogP contribution in [-0.2, 0) is 0 Å². The molecule has 0 saturated carbocycles. The average Bonchev–Trinajstić information content (AvgIpc) is 1.68. The molecule has 44 valence electrons. The molecule has 0 heterocycles. The summed E-state index contributed by atoms with van der Waals surface area (Å²) in [5, 5.41) is 0. The van der Waals surface area contributed by atoms with Gasteiger partial charge in [0.1, 0.15) is 0 Å². The van der Waals surface area contributed by atoms with Crippen molar-refractivity contribution >= 4 is 6.21 Å². The molecular formula is C7H11N. The molecule has 0 aromatic rings. The molecule has 0 aliphatic heterocycles. The predicted molar refractivity (Wildman–Crippen MR) is 38.4 cm³/mol. The van der Waals surface area contributed by atoms with E-state index < -0.39 is 0 Å². The molecule has 0 radical (unpaired) electrons. The molecule has 0 aromatic heterocycles. The van der Waals surface area contributed by atoms with E-state index in [4.69, 9.17) is 0 Å². The first-order valence-electron chi connectivity index (χ1n) is 2.52. The topological polar surface area (TPSA) is 12.4 Å². The highest BCUT2D eigenvalue weighted by Gasteiger charge is 1.73. The first kappa shape index (κ1) is 7.15. The molecule has 0 bridgehead atoms. The largest absolute Gasteiger partial charge is 0.296 e. The van der Waals surface area contributed by atoms with Gasteiger partial charge in [-0.05, 0) is 12.5 Å². The van der Waals surface area contributed by atoms with Crippen LogP contribution in [0.3, 0.4) is 0 Å². The lowest BCUT2D eigenvalue weighted by Gasteiger charge is -1.81. The zero-order valence-corrected chi connectivity index (χ0v) is 5.39. The Morgan fingerprint density at radius 1 is 1.62 bits per heavy atom. The lowest BCUT2D eigenvalue weighted by Crippen LogP contribution is -1.73. The predicted octanol–water partition coefficient (Wildman–Crippen LogP) is 1.82. The summed E-state index contributed by atoms with van der Waals surface area (Å²) < 4.78 is 0. The Hall–Kier alpha value is -0.850. The van der Waals surface area contributed by atoms with Crippen LogP contribution in [0.1, 0.15) is 6.92 Å². The van der Waals surface area contributed by atoms with Gasteiger partial charge < -0.3 is 0 Å². The van der Waals surface area contributed by atoms with Crippen LogP contribution in [0.15, 0.2) is 29.3 Å². The Morgan fingerprint density at radius 3 is 2.62 bits per heavy atom. The van der Waals surface area contributed by atoms with Crippen molar-refractivity contribution in [2.45, 2.75) is 6.92 Å². The molecule has 1 nitrogen and oxygen atoms in total. The third kappa shape index (κ3) is 3.34. The van der Waals surface area contributed by atoms with E-state index in [1.807, 2.05) is 13.0 Å². The molecular weight excluding hydrogens is 98.1 g/mol. The molecule has 0 atom stereocenters. The van der Waals surface area contributed by atoms with E-state index >= 15 is 0 Å². The van der Waals surface area contributed by atoms with Gasteiger partial charge in [0, 0.05) is 13.3 Å². The zero-order chi connectivity index (χ0) is 6.41. The number of nitrogens with zero attached hydrogens (tertiary/aromatic N) is 1. The maximum Gasteiger partial charge on any atom is 0.0277 e. The van der Waals surface area contributed by atoms with Gasteiger partial charge in [-0.15, -0.1) is 0 Å². The first-order chi connectivity index (χ1) is 3.81. The van der Waals surface area contributed by atoms with E-state index in [2.05, 4.69) is 11.6 Å². The van der Waals surface area contributed by atoms with E-state index in [-0.39, 0.29) is 0 Å². The van der Waals surface area contributed by atoms with Gasteiger partial charge in [0.2, 0.25) is 0 Å². The summed E-state index contributed by atoms with van der Waals surface area (Å²) in [4.78, 5) is 3.81. The molecule has 0 N–H and O–H groups in total. The second-order valence-corrected chi connectivity index (χ2v) is 1.53. The van der Waals surface area contributed by atoms with Crippen LogP contribution in [-0.4, -0.2) is 13.3 Å². The third-order valence-corrected chi connectivity index (χ3v) is 0.713. The number of aliphatic imine (C=N–C) groups is 1. The zero-order valence-electron chi connectivity index (χ0n) is 5.39. The second-order valence-electron chi connectivity index (χ2n) is 1.53. The summed E-state index contributed by atoms with van der Waals surface area (Å²) >= 11 is 0. The van der Waals surface area contributed by atoms with Gasteiger partial charge >= 0.3 is 0 Å². The minimum Gasteiger partial charge on any atom is -0.296 e. The van der Waals surface area contributed by atoms with E-state index in [0.29, 0.717) is 0 Å². The van der Waals surface area contributed by atoms with Crippen molar-refractivity contribution in [2.75, 3.05) is 7.05 Å². The molecule has 0 saturated heterocycles. The normalized spacial score (nSPS) is 12.5. The van der Waals surface area contributed by atoms with Gasteiger partial charge in [0.25, 0.3) is 0 Å². The standard InChI is InChI=1S/C7H11N/c1-4-5-7(2)6-8-3/h4-6H,1H2,2-3H3/b7-5-,8-6+. The lowest BCUT2D eigenvalue weighted by molar-refractivity contribution is 1.45. The Morgan fingerprint density at radius 2 is 2.25 bits per heavy atom. The highest BCUT2D eigenvalue weighted by Crippen LogP contribution is 1.85. The van der Waals surface area contributed by atoms with E-state index in [0.717, 1.165) is 5.57 Å². The minimum atomic E-state index is 1.13. The molecule has 0 spiro atoms. The number of allylic oxidation sites excluding steroid dienone is 3. The first-order valence-corrected chi connectivity index (χ1v) is 2.52. The lowest BCUT2D eigenvalue weighted by atomic mass is 10.3. The summed E-state index contributed by atoms with van der Waals surface area (Å²) in [6, 6.07) is 0. The van der Waals surface area contributed by atoms with E-state index in [1.54, 1.807) is 19.3 Å². The highest BCUT2D eigenvalue weighted by atomic mass is 14.6. The highest BCUT2D eigenvalue weighted by molar-refractivity contribution is 5.77. The Kier molecular flexibility index (Phi) is 3.85. The number of hydrogen-bond acceptors (Lipinski definition) is 1. The fourth-order valence-corrected chi connectivity index (χ4v) is 0.433. The molecule has 0 amide bonds. The Bertz CT molecular complexity index is 120. The van der Waals surface area contributed by atoms with Crippen LogP contribution in [0.2, 0.25) is 0 Å². The van der Waals surface area contributed by atoms with Gasteiger partial charge in [-0.2, -0.15) is 0 Å². The van der Waals surface area contributed by atoms with Crippen LogP contribution in [0.25, 0.3) is 0 Å². The van der Waals surface area contributed by atoms with Gasteiger partial charge in [-0.3, -0.25) is 4.99 Å². The molecule has 8 heavy (non-hydrogen) atoms. The van der Waals surface area contributed by atoms with Crippen molar-refractivity contribution < 1.29 is 0 Å². The summed E-state index contributed by atoms with van der Waals surface area (Å²) in [5.41, 5.74) is 1.13. The average molecular weight is 109 g/mol. The smallest absolute Gasteiger partial charge is 0.0277 e.